The molecule has 2 saturated heterocycles. The van der Waals surface area contributed by atoms with E-state index in [1.165, 1.54) is 45.0 Å². The number of amides is 1. The first kappa shape index (κ1) is 27.7. The lowest BCUT2D eigenvalue weighted by Crippen LogP contribution is -2.40. The predicted octanol–water partition coefficient (Wildman–Crippen LogP) is 1.35. The molecule has 0 atom stereocenters. The number of carbonyl (C=O) groups is 1. The van der Waals surface area contributed by atoms with Crippen molar-refractivity contribution in [3.63, 3.8) is 0 Å². The van der Waals surface area contributed by atoms with E-state index in [0.717, 1.165) is 24.1 Å². The highest BCUT2D eigenvalue weighted by Crippen LogP contribution is 2.28. The maximum absolute atomic E-state index is 13.0. The van der Waals surface area contributed by atoms with Gasteiger partial charge < -0.3 is 14.9 Å². The molecule has 1 N–H and O–H groups in total. The van der Waals surface area contributed by atoms with Crippen LogP contribution < -0.4 is 10.2 Å². The van der Waals surface area contributed by atoms with Gasteiger partial charge in [0, 0.05) is 26.2 Å². The summed E-state index contributed by atoms with van der Waals surface area (Å²) in [6.45, 7) is 1.49. The first-order valence-corrected chi connectivity index (χ1v) is 15.6. The number of rotatable bonds is 8. The third-order valence-corrected chi connectivity index (χ3v) is 10.6. The summed E-state index contributed by atoms with van der Waals surface area (Å²) in [5.74, 6) is -0.634. The number of morpholine rings is 1. The molecule has 13 nitrogen and oxygen atoms in total. The van der Waals surface area contributed by atoms with E-state index in [0.29, 0.717) is 31.8 Å². The van der Waals surface area contributed by atoms with Crippen LogP contribution in [0, 0.1) is 0 Å². The standard InChI is InChI=1S/C23H27ClN6O7S2/c24-19-6-4-17(38(32,33)28-8-2-1-3-9-28)14-21(19)25-23(31)16-37-30-22-15-18(5-7-20(22)26-27-30)39(34,35)29-10-12-36-13-11-29/h4-7,14-15H,1-3,8-13,16H2,(H,25,31). The van der Waals surface area contributed by atoms with Gasteiger partial charge in [0.05, 0.1) is 33.7 Å². The second kappa shape index (κ2) is 11.3. The SMILES string of the molecule is O=C(COn1nnc2ccc(S(=O)(=O)N3CCOCC3)cc21)Nc1cc(S(=O)(=O)N2CCCCC2)ccc1Cl. The van der Waals surface area contributed by atoms with Crippen molar-refractivity contribution in [1.82, 2.24) is 23.8 Å². The number of hydrogen-bond acceptors (Lipinski definition) is 9. The monoisotopic (exact) mass is 598 g/mol. The molecule has 0 aliphatic carbocycles. The Bertz CT molecular complexity index is 1580. The fourth-order valence-electron chi connectivity index (χ4n) is 4.39. The summed E-state index contributed by atoms with van der Waals surface area (Å²) in [5.41, 5.74) is 0.741. The molecule has 2 aromatic carbocycles. The molecule has 0 unspecified atom stereocenters. The molecule has 1 amide bonds. The minimum absolute atomic E-state index is 0.0290. The van der Waals surface area contributed by atoms with Gasteiger partial charge in [-0.25, -0.2) is 16.8 Å². The van der Waals surface area contributed by atoms with Crippen LogP contribution in [0.2, 0.25) is 5.02 Å². The molecule has 2 fully saturated rings. The number of aromatic nitrogens is 3. The number of nitrogens with one attached hydrogen (secondary N) is 1. The molecule has 0 saturated carbocycles. The zero-order chi connectivity index (χ0) is 27.6. The maximum atomic E-state index is 13.0. The van der Waals surface area contributed by atoms with E-state index < -0.39 is 32.6 Å². The highest BCUT2D eigenvalue weighted by molar-refractivity contribution is 7.89. The lowest BCUT2D eigenvalue weighted by atomic mass is 10.2. The molecular weight excluding hydrogens is 572 g/mol. The Labute approximate surface area is 230 Å². The molecule has 16 heteroatoms. The quantitative estimate of drug-likeness (QED) is 0.405. The van der Waals surface area contributed by atoms with Crippen molar-refractivity contribution in [3.8, 4) is 0 Å². The van der Waals surface area contributed by atoms with Crippen molar-refractivity contribution in [2.75, 3.05) is 51.3 Å². The average molecular weight is 599 g/mol. The lowest BCUT2D eigenvalue weighted by molar-refractivity contribution is -0.121. The van der Waals surface area contributed by atoms with Gasteiger partial charge in [0.15, 0.2) is 6.61 Å². The Morgan fingerprint density at radius 3 is 2.28 bits per heavy atom. The number of nitrogens with zero attached hydrogens (tertiary/aromatic N) is 5. The zero-order valence-electron chi connectivity index (χ0n) is 20.8. The Morgan fingerprint density at radius 1 is 0.923 bits per heavy atom. The van der Waals surface area contributed by atoms with E-state index in [-0.39, 0.29) is 39.1 Å². The van der Waals surface area contributed by atoms with E-state index in [9.17, 15) is 21.6 Å². The van der Waals surface area contributed by atoms with Crippen molar-refractivity contribution in [2.45, 2.75) is 29.1 Å². The molecule has 0 bridgehead atoms. The van der Waals surface area contributed by atoms with Gasteiger partial charge in [0.1, 0.15) is 11.0 Å². The Morgan fingerprint density at radius 2 is 1.56 bits per heavy atom. The molecule has 210 valence electrons. The fraction of sp³-hybridized carbons (Fsp3) is 0.435. The first-order valence-electron chi connectivity index (χ1n) is 12.3. The third kappa shape index (κ3) is 5.88. The van der Waals surface area contributed by atoms with Gasteiger partial charge in [0.2, 0.25) is 20.0 Å². The number of benzene rings is 2. The summed E-state index contributed by atoms with van der Waals surface area (Å²) < 4.78 is 60.1. The number of sulfonamides is 2. The largest absolute Gasteiger partial charge is 0.385 e. The Kier molecular flexibility index (Phi) is 8.07. The predicted molar refractivity (Wildman–Crippen MR) is 141 cm³/mol. The summed E-state index contributed by atoms with van der Waals surface area (Å²) in [7, 11) is -7.49. The van der Waals surface area contributed by atoms with Crippen LogP contribution >= 0.6 is 11.6 Å². The van der Waals surface area contributed by atoms with Crippen molar-refractivity contribution >= 4 is 54.3 Å². The Balaban J connectivity index is 1.29. The smallest absolute Gasteiger partial charge is 0.265 e. The maximum Gasteiger partial charge on any atom is 0.265 e. The number of anilines is 1. The van der Waals surface area contributed by atoms with E-state index in [4.69, 9.17) is 21.2 Å². The summed E-state index contributed by atoms with van der Waals surface area (Å²) >= 11 is 6.22. The number of fused-ring (bicyclic) bond motifs is 1. The molecule has 2 aliphatic rings. The van der Waals surface area contributed by atoms with Gasteiger partial charge in [-0.05, 0) is 54.5 Å². The van der Waals surface area contributed by atoms with Crippen LogP contribution in [0.15, 0.2) is 46.2 Å². The van der Waals surface area contributed by atoms with Crippen molar-refractivity contribution in [2.24, 2.45) is 0 Å². The van der Waals surface area contributed by atoms with E-state index >= 15 is 0 Å². The van der Waals surface area contributed by atoms with Crippen molar-refractivity contribution in [1.29, 1.82) is 0 Å². The van der Waals surface area contributed by atoms with Crippen LogP contribution in [0.1, 0.15) is 19.3 Å². The number of hydrogen-bond donors (Lipinski definition) is 1. The van der Waals surface area contributed by atoms with Crippen LogP contribution in [-0.4, -0.2) is 92.5 Å². The highest BCUT2D eigenvalue weighted by Gasteiger charge is 2.28. The van der Waals surface area contributed by atoms with Crippen molar-refractivity contribution < 1.29 is 31.2 Å². The van der Waals surface area contributed by atoms with Crippen molar-refractivity contribution in [3.05, 3.63) is 41.4 Å². The molecule has 5 rings (SSSR count). The van der Waals surface area contributed by atoms with Crippen LogP contribution in [0.3, 0.4) is 0 Å². The Hall–Kier alpha value is -2.82. The second-order valence-electron chi connectivity index (χ2n) is 9.06. The van der Waals surface area contributed by atoms with E-state index in [1.54, 1.807) is 0 Å². The van der Waals surface area contributed by atoms with Gasteiger partial charge in [-0.1, -0.05) is 22.9 Å². The molecular formula is C23H27ClN6O7S2. The van der Waals surface area contributed by atoms with Crippen LogP contribution in [0.25, 0.3) is 11.0 Å². The van der Waals surface area contributed by atoms with Crippen LogP contribution in [0.4, 0.5) is 5.69 Å². The molecule has 2 aliphatic heterocycles. The summed E-state index contributed by atoms with van der Waals surface area (Å²) in [5, 5.41) is 10.5. The minimum atomic E-state index is -3.77. The first-order chi connectivity index (χ1) is 18.7. The topological polar surface area (TPSA) is 153 Å². The molecule has 39 heavy (non-hydrogen) atoms. The summed E-state index contributed by atoms with van der Waals surface area (Å²) in [4.78, 5) is 19.2. The second-order valence-corrected chi connectivity index (χ2v) is 13.3. The number of ether oxygens (including phenoxy) is 1. The summed E-state index contributed by atoms with van der Waals surface area (Å²) in [6, 6.07) is 8.45. The number of piperidine rings is 1. The van der Waals surface area contributed by atoms with E-state index in [2.05, 4.69) is 15.6 Å². The molecule has 3 aromatic rings. The normalized spacial score (nSPS) is 17.8. The zero-order valence-corrected chi connectivity index (χ0v) is 23.2. The number of carbonyl (C=O) groups excluding carboxylic acids is 1. The molecule has 0 radical (unpaired) electrons. The van der Waals surface area contributed by atoms with E-state index in [1.807, 2.05) is 0 Å². The van der Waals surface area contributed by atoms with Crippen LogP contribution in [-0.2, 0) is 29.6 Å². The summed E-state index contributed by atoms with van der Waals surface area (Å²) in [6.07, 6.45) is 2.58. The molecule has 1 aromatic heterocycles. The van der Waals surface area contributed by atoms with Gasteiger partial charge in [-0.2, -0.15) is 8.61 Å². The molecule has 0 spiro atoms. The van der Waals surface area contributed by atoms with Gasteiger partial charge in [-0.3, -0.25) is 4.79 Å². The highest BCUT2D eigenvalue weighted by atomic mass is 35.5. The third-order valence-electron chi connectivity index (χ3n) is 6.48. The van der Waals surface area contributed by atoms with Crippen LogP contribution in [0.5, 0.6) is 0 Å². The average Bonchev–Trinajstić information content (AvgIpc) is 3.36. The minimum Gasteiger partial charge on any atom is -0.385 e. The lowest BCUT2D eigenvalue weighted by Gasteiger charge is -2.26. The van der Waals surface area contributed by atoms with Gasteiger partial charge in [0.25, 0.3) is 5.91 Å². The van der Waals surface area contributed by atoms with Gasteiger partial charge >= 0.3 is 0 Å². The molecule has 3 heterocycles. The fourth-order valence-corrected chi connectivity index (χ4v) is 7.53. The van der Waals surface area contributed by atoms with Gasteiger partial charge in [-0.15, -0.1) is 5.10 Å². The number of halogens is 1.